The van der Waals surface area contributed by atoms with E-state index in [-0.39, 0.29) is 6.42 Å². The maximum Gasteiger partial charge on any atom is 0.417 e. The number of rotatable bonds is 2. The SMILES string of the molecule is N#CCC(=O)Nc1ccc2[nH]c(=O)oc2c1. The van der Waals surface area contributed by atoms with Gasteiger partial charge in [0.15, 0.2) is 5.58 Å². The predicted octanol–water partition coefficient (Wildman–Crippen LogP) is 0.973. The fourth-order valence-corrected chi connectivity index (χ4v) is 1.30. The molecule has 2 aromatic rings. The van der Waals surface area contributed by atoms with Gasteiger partial charge in [0.25, 0.3) is 0 Å². The van der Waals surface area contributed by atoms with Crippen molar-refractivity contribution in [2.24, 2.45) is 0 Å². The maximum atomic E-state index is 11.1. The molecule has 0 bridgehead atoms. The van der Waals surface area contributed by atoms with Crippen molar-refractivity contribution in [1.82, 2.24) is 4.98 Å². The Bertz CT molecular complexity index is 633. The molecule has 2 rings (SSSR count). The molecule has 0 saturated heterocycles. The number of anilines is 1. The fourth-order valence-electron chi connectivity index (χ4n) is 1.30. The fraction of sp³-hybridized carbons (Fsp3) is 0.100. The number of hydrogen-bond donors (Lipinski definition) is 2. The Morgan fingerprint density at radius 1 is 1.56 bits per heavy atom. The van der Waals surface area contributed by atoms with Gasteiger partial charge in [-0.15, -0.1) is 0 Å². The van der Waals surface area contributed by atoms with Crippen LogP contribution in [0.1, 0.15) is 6.42 Å². The van der Waals surface area contributed by atoms with Crippen LogP contribution >= 0.6 is 0 Å². The van der Waals surface area contributed by atoms with Crippen molar-refractivity contribution in [3.8, 4) is 6.07 Å². The lowest BCUT2D eigenvalue weighted by molar-refractivity contribution is -0.115. The van der Waals surface area contributed by atoms with Gasteiger partial charge in [-0.05, 0) is 12.1 Å². The zero-order chi connectivity index (χ0) is 11.5. The third-order valence-corrected chi connectivity index (χ3v) is 1.94. The number of aromatic nitrogens is 1. The molecule has 0 aliphatic heterocycles. The van der Waals surface area contributed by atoms with Gasteiger partial charge in [-0.25, -0.2) is 4.79 Å². The van der Waals surface area contributed by atoms with Gasteiger partial charge >= 0.3 is 5.76 Å². The van der Waals surface area contributed by atoms with Crippen LogP contribution in [0.2, 0.25) is 0 Å². The molecule has 0 unspecified atom stereocenters. The highest BCUT2D eigenvalue weighted by Gasteiger charge is 2.04. The van der Waals surface area contributed by atoms with Crippen LogP contribution < -0.4 is 11.1 Å². The molecule has 6 heteroatoms. The van der Waals surface area contributed by atoms with Gasteiger partial charge < -0.3 is 9.73 Å². The molecule has 0 aliphatic carbocycles. The lowest BCUT2D eigenvalue weighted by Gasteiger charge is -2.01. The third kappa shape index (κ3) is 1.93. The highest BCUT2D eigenvalue weighted by Crippen LogP contribution is 2.16. The number of nitrogens with one attached hydrogen (secondary N) is 2. The number of nitrogens with zero attached hydrogens (tertiary/aromatic N) is 1. The van der Waals surface area contributed by atoms with E-state index >= 15 is 0 Å². The summed E-state index contributed by atoms with van der Waals surface area (Å²) in [5.41, 5.74) is 1.40. The number of aromatic amines is 1. The largest absolute Gasteiger partial charge is 0.417 e. The van der Waals surface area contributed by atoms with Crippen molar-refractivity contribution in [1.29, 1.82) is 5.26 Å². The average Bonchev–Trinajstić information content (AvgIpc) is 2.57. The van der Waals surface area contributed by atoms with E-state index in [1.165, 1.54) is 6.07 Å². The Kier molecular flexibility index (Phi) is 2.44. The first-order valence-electron chi connectivity index (χ1n) is 4.49. The minimum Gasteiger partial charge on any atom is -0.408 e. The van der Waals surface area contributed by atoms with Crippen molar-refractivity contribution in [2.75, 3.05) is 5.32 Å². The number of nitriles is 1. The topological polar surface area (TPSA) is 98.9 Å². The highest BCUT2D eigenvalue weighted by molar-refractivity contribution is 5.93. The first-order chi connectivity index (χ1) is 7.69. The molecule has 0 spiro atoms. The number of H-pyrrole nitrogens is 1. The molecule has 1 aromatic heterocycles. The number of amides is 1. The first-order valence-corrected chi connectivity index (χ1v) is 4.49. The Labute approximate surface area is 89.5 Å². The monoisotopic (exact) mass is 217 g/mol. The second kappa shape index (κ2) is 3.90. The molecule has 0 aliphatic rings. The minimum absolute atomic E-state index is 0.213. The zero-order valence-corrected chi connectivity index (χ0v) is 8.11. The molecule has 1 aromatic carbocycles. The van der Waals surface area contributed by atoms with Crippen LogP contribution in [-0.2, 0) is 4.79 Å². The van der Waals surface area contributed by atoms with Crippen LogP contribution in [0, 0.1) is 11.3 Å². The van der Waals surface area contributed by atoms with Gasteiger partial charge in [0, 0.05) is 11.8 Å². The Hall–Kier alpha value is -2.55. The summed E-state index contributed by atoms with van der Waals surface area (Å²) in [6.07, 6.45) is -0.213. The molecule has 0 radical (unpaired) electrons. The van der Waals surface area contributed by atoms with Crippen LogP contribution in [0.5, 0.6) is 0 Å². The third-order valence-electron chi connectivity index (χ3n) is 1.94. The molecule has 0 fully saturated rings. The number of carbonyl (C=O) groups excluding carboxylic acids is 1. The smallest absolute Gasteiger partial charge is 0.408 e. The van der Waals surface area contributed by atoms with Crippen molar-refractivity contribution in [2.45, 2.75) is 6.42 Å². The van der Waals surface area contributed by atoms with Crippen molar-refractivity contribution in [3.05, 3.63) is 28.7 Å². The molecule has 80 valence electrons. The van der Waals surface area contributed by atoms with Crippen LogP contribution in [0.25, 0.3) is 11.1 Å². The second-order valence-electron chi connectivity index (χ2n) is 3.11. The average molecular weight is 217 g/mol. The van der Waals surface area contributed by atoms with E-state index in [1.54, 1.807) is 18.2 Å². The number of benzene rings is 1. The minimum atomic E-state index is -0.546. The van der Waals surface area contributed by atoms with E-state index in [2.05, 4.69) is 10.3 Å². The molecular formula is C10H7N3O3. The normalized spacial score (nSPS) is 9.94. The van der Waals surface area contributed by atoms with E-state index in [9.17, 15) is 9.59 Å². The van der Waals surface area contributed by atoms with E-state index in [0.717, 1.165) is 0 Å². The quantitative estimate of drug-likeness (QED) is 0.782. The summed E-state index contributed by atoms with van der Waals surface area (Å²) in [5.74, 6) is -0.949. The standard InChI is InChI=1S/C10H7N3O3/c11-4-3-9(14)12-6-1-2-7-8(5-6)16-10(15)13-7/h1-2,5H,3H2,(H,12,14)(H,13,15). The number of carbonyl (C=O) groups is 1. The molecular weight excluding hydrogens is 210 g/mol. The van der Waals surface area contributed by atoms with E-state index in [0.29, 0.717) is 16.8 Å². The van der Waals surface area contributed by atoms with Crippen molar-refractivity contribution in [3.63, 3.8) is 0 Å². The summed E-state index contributed by atoms with van der Waals surface area (Å²) in [4.78, 5) is 24.5. The molecule has 1 heterocycles. The van der Waals surface area contributed by atoms with Crippen LogP contribution in [0.15, 0.2) is 27.4 Å². The van der Waals surface area contributed by atoms with E-state index < -0.39 is 11.7 Å². The molecule has 2 N–H and O–H groups in total. The Morgan fingerprint density at radius 3 is 3.12 bits per heavy atom. The molecule has 1 amide bonds. The van der Waals surface area contributed by atoms with Crippen molar-refractivity contribution >= 4 is 22.7 Å². The van der Waals surface area contributed by atoms with Gasteiger partial charge in [0.1, 0.15) is 6.42 Å². The predicted molar refractivity (Wildman–Crippen MR) is 55.7 cm³/mol. The summed E-state index contributed by atoms with van der Waals surface area (Å²) in [7, 11) is 0. The number of fused-ring (bicyclic) bond motifs is 1. The molecule has 6 nitrogen and oxygen atoms in total. The molecule has 0 saturated carbocycles. The first kappa shape index (κ1) is 9.98. The van der Waals surface area contributed by atoms with Crippen LogP contribution in [0.4, 0.5) is 5.69 Å². The van der Waals surface area contributed by atoms with Crippen LogP contribution in [-0.4, -0.2) is 10.9 Å². The summed E-state index contributed by atoms with van der Waals surface area (Å²) >= 11 is 0. The summed E-state index contributed by atoms with van der Waals surface area (Å²) < 4.78 is 4.82. The molecule has 0 atom stereocenters. The maximum absolute atomic E-state index is 11.1. The van der Waals surface area contributed by atoms with Gasteiger partial charge in [-0.3, -0.25) is 9.78 Å². The van der Waals surface area contributed by atoms with E-state index in [4.69, 9.17) is 9.68 Å². The van der Waals surface area contributed by atoms with Crippen molar-refractivity contribution < 1.29 is 9.21 Å². The van der Waals surface area contributed by atoms with Gasteiger partial charge in [0.05, 0.1) is 11.6 Å². The second-order valence-corrected chi connectivity index (χ2v) is 3.11. The van der Waals surface area contributed by atoms with Crippen LogP contribution in [0.3, 0.4) is 0 Å². The van der Waals surface area contributed by atoms with E-state index in [1.807, 2.05) is 0 Å². The summed E-state index contributed by atoms with van der Waals surface area (Å²) in [6.45, 7) is 0. The van der Waals surface area contributed by atoms with Gasteiger partial charge in [0.2, 0.25) is 5.91 Å². The zero-order valence-electron chi connectivity index (χ0n) is 8.11. The summed E-state index contributed by atoms with van der Waals surface area (Å²) in [5, 5.41) is 10.8. The lowest BCUT2D eigenvalue weighted by Crippen LogP contribution is -2.09. The van der Waals surface area contributed by atoms with Gasteiger partial charge in [-0.2, -0.15) is 5.26 Å². The highest BCUT2D eigenvalue weighted by atomic mass is 16.4. The number of oxazole rings is 1. The van der Waals surface area contributed by atoms with Gasteiger partial charge in [-0.1, -0.05) is 0 Å². The lowest BCUT2D eigenvalue weighted by atomic mass is 10.3. The summed E-state index contributed by atoms with van der Waals surface area (Å²) in [6, 6.07) is 6.48. The molecule has 16 heavy (non-hydrogen) atoms. The Morgan fingerprint density at radius 2 is 2.38 bits per heavy atom. The Balaban J connectivity index is 2.29. The number of hydrogen-bond acceptors (Lipinski definition) is 4.